The summed E-state index contributed by atoms with van der Waals surface area (Å²) in [6.45, 7) is 6.48. The Kier molecular flexibility index (Phi) is 2.31. The van der Waals surface area contributed by atoms with Crippen molar-refractivity contribution in [2.24, 2.45) is 17.8 Å². The van der Waals surface area contributed by atoms with Gasteiger partial charge in [0.05, 0.1) is 0 Å². The van der Waals surface area contributed by atoms with Crippen LogP contribution in [-0.2, 0) is 4.79 Å². The van der Waals surface area contributed by atoms with Crippen molar-refractivity contribution in [3.8, 4) is 0 Å². The van der Waals surface area contributed by atoms with Crippen molar-refractivity contribution < 1.29 is 4.79 Å². The second kappa shape index (κ2) is 3.32. The molecule has 1 saturated carbocycles. The Morgan fingerprint density at radius 2 is 1.77 bits per heavy atom. The topological polar surface area (TPSA) is 20.3 Å². The molecule has 1 saturated heterocycles. The summed E-state index contributed by atoms with van der Waals surface area (Å²) in [4.78, 5) is 13.8. The van der Waals surface area contributed by atoms with E-state index in [9.17, 15) is 4.79 Å². The molecular weight excluding hydrogens is 162 g/mol. The predicted molar refractivity (Wildman–Crippen MR) is 52.2 cm³/mol. The Balaban J connectivity index is 1.83. The molecule has 0 spiro atoms. The smallest absolute Gasteiger partial charge is 0.222 e. The van der Waals surface area contributed by atoms with E-state index in [1.54, 1.807) is 0 Å². The number of hydrogen-bond donors (Lipinski definition) is 0. The lowest BCUT2D eigenvalue weighted by Crippen LogP contribution is -2.28. The van der Waals surface area contributed by atoms with Gasteiger partial charge in [0.1, 0.15) is 0 Å². The van der Waals surface area contributed by atoms with Gasteiger partial charge in [-0.15, -0.1) is 0 Å². The molecule has 0 aromatic rings. The normalized spacial score (nSPS) is 33.8. The zero-order chi connectivity index (χ0) is 9.42. The minimum atomic E-state index is 0.402. The maximum absolute atomic E-state index is 11.7. The molecule has 0 aromatic carbocycles. The average molecular weight is 181 g/mol. The first-order valence-electron chi connectivity index (χ1n) is 5.44. The van der Waals surface area contributed by atoms with Crippen LogP contribution in [0, 0.1) is 17.8 Å². The number of carbonyl (C=O) groups is 1. The largest absolute Gasteiger partial charge is 0.342 e. The maximum atomic E-state index is 11.7. The van der Waals surface area contributed by atoms with E-state index < -0.39 is 0 Å². The summed E-state index contributed by atoms with van der Waals surface area (Å²) in [5.41, 5.74) is 0. The van der Waals surface area contributed by atoms with Gasteiger partial charge in [-0.1, -0.05) is 13.8 Å². The molecule has 1 aliphatic carbocycles. The Labute approximate surface area is 80.3 Å². The monoisotopic (exact) mass is 181 g/mol. The molecule has 2 unspecified atom stereocenters. The quantitative estimate of drug-likeness (QED) is 0.637. The van der Waals surface area contributed by atoms with Gasteiger partial charge in [-0.3, -0.25) is 4.79 Å². The zero-order valence-electron chi connectivity index (χ0n) is 8.62. The highest BCUT2D eigenvalue weighted by Crippen LogP contribution is 2.34. The van der Waals surface area contributed by atoms with Gasteiger partial charge in [0.25, 0.3) is 0 Å². The average Bonchev–Trinajstić information content (AvgIpc) is 2.81. The molecular formula is C11H19NO. The molecule has 74 valence electrons. The second-order valence-corrected chi connectivity index (χ2v) is 4.90. The number of hydrogen-bond acceptors (Lipinski definition) is 1. The van der Waals surface area contributed by atoms with Crippen molar-refractivity contribution in [3.05, 3.63) is 0 Å². The Morgan fingerprint density at radius 3 is 2.23 bits per heavy atom. The van der Waals surface area contributed by atoms with Gasteiger partial charge >= 0.3 is 0 Å². The number of rotatable bonds is 2. The first-order valence-corrected chi connectivity index (χ1v) is 5.44. The van der Waals surface area contributed by atoms with E-state index in [1.165, 1.54) is 12.8 Å². The third-order valence-electron chi connectivity index (χ3n) is 3.50. The van der Waals surface area contributed by atoms with Crippen molar-refractivity contribution in [2.75, 3.05) is 13.1 Å². The van der Waals surface area contributed by atoms with Crippen molar-refractivity contribution in [1.29, 1.82) is 0 Å². The number of nitrogens with zero attached hydrogens (tertiary/aromatic N) is 1. The van der Waals surface area contributed by atoms with E-state index in [2.05, 4.69) is 18.7 Å². The fourth-order valence-electron chi connectivity index (χ4n) is 2.03. The standard InChI is InChI=1S/C11H19NO/c1-8-6-12(7-9(8)2)11(13)5-10-3-4-10/h8-10H,3-7H2,1-2H3. The summed E-state index contributed by atoms with van der Waals surface area (Å²) >= 11 is 0. The summed E-state index contributed by atoms with van der Waals surface area (Å²) in [6.07, 6.45) is 3.38. The van der Waals surface area contributed by atoms with Crippen LogP contribution in [-0.4, -0.2) is 23.9 Å². The minimum absolute atomic E-state index is 0.402. The van der Waals surface area contributed by atoms with E-state index in [0.717, 1.165) is 25.4 Å². The lowest BCUT2D eigenvalue weighted by atomic mass is 10.0. The molecule has 13 heavy (non-hydrogen) atoms. The van der Waals surface area contributed by atoms with Gasteiger partial charge in [-0.2, -0.15) is 0 Å². The molecule has 2 fully saturated rings. The summed E-state index contributed by atoms with van der Waals surface area (Å²) < 4.78 is 0. The van der Waals surface area contributed by atoms with Crippen LogP contribution in [0.3, 0.4) is 0 Å². The zero-order valence-corrected chi connectivity index (χ0v) is 8.62. The van der Waals surface area contributed by atoms with Crippen LogP contribution < -0.4 is 0 Å². The van der Waals surface area contributed by atoms with E-state index in [0.29, 0.717) is 17.7 Å². The van der Waals surface area contributed by atoms with E-state index in [4.69, 9.17) is 0 Å². The third kappa shape index (κ3) is 2.04. The van der Waals surface area contributed by atoms with Gasteiger partial charge in [-0.05, 0) is 30.6 Å². The van der Waals surface area contributed by atoms with E-state index in [-0.39, 0.29) is 0 Å². The molecule has 1 heterocycles. The van der Waals surface area contributed by atoms with Gasteiger partial charge in [0.15, 0.2) is 0 Å². The molecule has 2 atom stereocenters. The number of carbonyl (C=O) groups excluding carboxylic acids is 1. The fourth-order valence-corrected chi connectivity index (χ4v) is 2.03. The SMILES string of the molecule is CC1CN(C(=O)CC2CC2)CC1C. The van der Waals surface area contributed by atoms with E-state index >= 15 is 0 Å². The number of amides is 1. The summed E-state index contributed by atoms with van der Waals surface area (Å²) in [5.74, 6) is 2.53. The second-order valence-electron chi connectivity index (χ2n) is 4.90. The maximum Gasteiger partial charge on any atom is 0.222 e. The third-order valence-corrected chi connectivity index (χ3v) is 3.50. The fraction of sp³-hybridized carbons (Fsp3) is 0.909. The molecule has 0 radical (unpaired) electrons. The molecule has 0 bridgehead atoms. The van der Waals surface area contributed by atoms with Crippen LogP contribution in [0.4, 0.5) is 0 Å². The van der Waals surface area contributed by atoms with Crippen LogP contribution in [0.15, 0.2) is 0 Å². The Bertz CT molecular complexity index is 200. The molecule has 0 N–H and O–H groups in total. The van der Waals surface area contributed by atoms with Gasteiger partial charge in [0, 0.05) is 19.5 Å². The highest BCUT2D eigenvalue weighted by molar-refractivity contribution is 5.77. The molecule has 2 rings (SSSR count). The molecule has 1 amide bonds. The van der Waals surface area contributed by atoms with Crippen LogP contribution in [0.2, 0.25) is 0 Å². The van der Waals surface area contributed by atoms with Gasteiger partial charge in [-0.25, -0.2) is 0 Å². The molecule has 0 aromatic heterocycles. The van der Waals surface area contributed by atoms with Crippen LogP contribution in [0.1, 0.15) is 33.1 Å². The Hall–Kier alpha value is -0.530. The molecule has 2 nitrogen and oxygen atoms in total. The van der Waals surface area contributed by atoms with Gasteiger partial charge in [0.2, 0.25) is 5.91 Å². The van der Waals surface area contributed by atoms with Gasteiger partial charge < -0.3 is 4.90 Å². The van der Waals surface area contributed by atoms with Crippen LogP contribution >= 0.6 is 0 Å². The highest BCUT2D eigenvalue weighted by atomic mass is 16.2. The lowest BCUT2D eigenvalue weighted by molar-refractivity contribution is -0.130. The summed E-state index contributed by atoms with van der Waals surface area (Å²) in [5, 5.41) is 0. The lowest BCUT2D eigenvalue weighted by Gasteiger charge is -2.15. The first kappa shape index (κ1) is 9.04. The van der Waals surface area contributed by atoms with E-state index in [1.807, 2.05) is 0 Å². The van der Waals surface area contributed by atoms with Crippen LogP contribution in [0.5, 0.6) is 0 Å². The molecule has 2 heteroatoms. The van der Waals surface area contributed by atoms with Crippen LogP contribution in [0.25, 0.3) is 0 Å². The summed E-state index contributed by atoms with van der Waals surface area (Å²) in [6, 6.07) is 0. The Morgan fingerprint density at radius 1 is 1.23 bits per heavy atom. The molecule has 1 aliphatic heterocycles. The van der Waals surface area contributed by atoms with Crippen molar-refractivity contribution in [1.82, 2.24) is 4.90 Å². The van der Waals surface area contributed by atoms with Crippen molar-refractivity contribution in [2.45, 2.75) is 33.1 Å². The number of likely N-dealkylation sites (tertiary alicyclic amines) is 1. The van der Waals surface area contributed by atoms with Crippen molar-refractivity contribution >= 4 is 5.91 Å². The molecule has 2 aliphatic rings. The summed E-state index contributed by atoms with van der Waals surface area (Å²) in [7, 11) is 0. The van der Waals surface area contributed by atoms with Crippen molar-refractivity contribution in [3.63, 3.8) is 0 Å². The highest BCUT2D eigenvalue weighted by Gasteiger charge is 2.32. The predicted octanol–water partition coefficient (Wildman–Crippen LogP) is 1.90. The minimum Gasteiger partial charge on any atom is -0.342 e. The first-order chi connectivity index (χ1) is 6.16.